The number of aryl methyl sites for hydroxylation is 1. The van der Waals surface area contributed by atoms with Crippen molar-refractivity contribution in [3.05, 3.63) is 82.4 Å². The van der Waals surface area contributed by atoms with E-state index in [1.54, 1.807) is 26.2 Å². The summed E-state index contributed by atoms with van der Waals surface area (Å²) in [7, 11) is 1.68. The smallest absolute Gasteiger partial charge is 0.140 e. The standard InChI is InChI=1S/C28H30FN3O2/c1-18-12-26(34-3)11-4-20(18)16-30-24-8-5-22-13-27-21(14-28(22,15-24)19(2)33)17-31-32(27)25-9-6-23(29)7-10-25/h4,6-7,9-13,17,24,30H,5,8,14-16H2,1-3H3/t24-,28+/m0/s1. The Balaban J connectivity index is 1.38. The van der Waals surface area contributed by atoms with E-state index in [2.05, 4.69) is 35.5 Å². The third-order valence-corrected chi connectivity index (χ3v) is 7.54. The second-order valence-corrected chi connectivity index (χ2v) is 9.54. The zero-order valence-corrected chi connectivity index (χ0v) is 19.9. The molecule has 0 aliphatic heterocycles. The number of nitrogens with one attached hydrogen (secondary N) is 1. The van der Waals surface area contributed by atoms with Gasteiger partial charge in [-0.15, -0.1) is 0 Å². The Kier molecular flexibility index (Phi) is 5.86. The Morgan fingerprint density at radius 1 is 1.26 bits per heavy atom. The topological polar surface area (TPSA) is 56.1 Å². The Hall–Kier alpha value is -3.25. The Morgan fingerprint density at radius 2 is 2.06 bits per heavy atom. The molecule has 176 valence electrons. The van der Waals surface area contributed by atoms with Gasteiger partial charge in [0, 0.05) is 12.6 Å². The maximum atomic E-state index is 13.4. The summed E-state index contributed by atoms with van der Waals surface area (Å²) in [6.07, 6.45) is 7.30. The van der Waals surface area contributed by atoms with Crippen molar-refractivity contribution >= 4 is 11.9 Å². The van der Waals surface area contributed by atoms with E-state index in [9.17, 15) is 9.18 Å². The highest BCUT2D eigenvalue weighted by Gasteiger charge is 2.46. The Morgan fingerprint density at radius 3 is 2.76 bits per heavy atom. The average molecular weight is 460 g/mol. The van der Waals surface area contributed by atoms with Crippen molar-refractivity contribution in [3.8, 4) is 11.4 Å². The fourth-order valence-corrected chi connectivity index (χ4v) is 5.50. The van der Waals surface area contributed by atoms with Crippen LogP contribution >= 0.6 is 0 Å². The lowest BCUT2D eigenvalue weighted by Gasteiger charge is -2.44. The van der Waals surface area contributed by atoms with Gasteiger partial charge in [-0.2, -0.15) is 5.10 Å². The number of rotatable bonds is 6. The van der Waals surface area contributed by atoms with Crippen LogP contribution in [0.5, 0.6) is 5.75 Å². The van der Waals surface area contributed by atoms with E-state index in [4.69, 9.17) is 4.74 Å². The second kappa shape index (κ2) is 8.84. The lowest BCUT2D eigenvalue weighted by atomic mass is 9.61. The number of ether oxygens (including phenoxy) is 1. The molecule has 1 N–H and O–H groups in total. The normalized spacial score (nSPS) is 21.4. The summed E-state index contributed by atoms with van der Waals surface area (Å²) in [6.45, 7) is 4.58. The number of benzene rings is 2. The maximum Gasteiger partial charge on any atom is 0.140 e. The predicted molar refractivity (Wildman–Crippen MR) is 131 cm³/mol. The van der Waals surface area contributed by atoms with Gasteiger partial charge in [0.25, 0.3) is 0 Å². The van der Waals surface area contributed by atoms with Crippen LogP contribution < -0.4 is 10.1 Å². The van der Waals surface area contributed by atoms with Gasteiger partial charge >= 0.3 is 0 Å². The van der Waals surface area contributed by atoms with Crippen molar-refractivity contribution in [2.75, 3.05) is 7.11 Å². The molecule has 2 atom stereocenters. The van der Waals surface area contributed by atoms with Gasteiger partial charge in [0.2, 0.25) is 0 Å². The second-order valence-electron chi connectivity index (χ2n) is 9.54. The molecule has 1 heterocycles. The maximum absolute atomic E-state index is 13.4. The van der Waals surface area contributed by atoms with Crippen LogP contribution in [0.15, 0.2) is 54.2 Å². The zero-order valence-electron chi connectivity index (χ0n) is 19.9. The molecule has 0 bridgehead atoms. The summed E-state index contributed by atoms with van der Waals surface area (Å²) in [5.74, 6) is 0.809. The molecule has 5 nitrogen and oxygen atoms in total. The molecule has 2 aliphatic rings. The van der Waals surface area contributed by atoms with Crippen LogP contribution in [-0.4, -0.2) is 28.7 Å². The van der Waals surface area contributed by atoms with E-state index in [0.29, 0.717) is 6.42 Å². The van der Waals surface area contributed by atoms with E-state index >= 15 is 0 Å². The number of Topliss-reactive ketones (excluding diaryl/α,β-unsaturated/α-hetero) is 1. The van der Waals surface area contributed by atoms with Crippen LogP contribution in [0.1, 0.15) is 48.6 Å². The van der Waals surface area contributed by atoms with Gasteiger partial charge in [-0.05, 0) is 98.7 Å². The molecular weight excluding hydrogens is 429 g/mol. The molecule has 34 heavy (non-hydrogen) atoms. The number of nitrogens with zero attached hydrogens (tertiary/aromatic N) is 2. The van der Waals surface area contributed by atoms with Crippen LogP contribution in [0.2, 0.25) is 0 Å². The first-order chi connectivity index (χ1) is 16.4. The van der Waals surface area contributed by atoms with E-state index in [1.165, 1.54) is 28.8 Å². The van der Waals surface area contributed by atoms with Gasteiger partial charge in [-0.3, -0.25) is 4.79 Å². The monoisotopic (exact) mass is 459 g/mol. The van der Waals surface area contributed by atoms with Gasteiger partial charge in [-0.1, -0.05) is 11.6 Å². The number of carbonyl (C=O) groups is 1. The summed E-state index contributed by atoms with van der Waals surface area (Å²) in [6, 6.07) is 12.8. The molecule has 0 spiro atoms. The summed E-state index contributed by atoms with van der Waals surface area (Å²) >= 11 is 0. The molecule has 2 aromatic carbocycles. The van der Waals surface area contributed by atoms with Gasteiger partial charge in [0.1, 0.15) is 17.3 Å². The number of carbonyl (C=O) groups excluding carboxylic acids is 1. The highest BCUT2D eigenvalue weighted by molar-refractivity contribution is 5.89. The van der Waals surface area contributed by atoms with E-state index in [1.807, 2.05) is 16.9 Å². The molecule has 0 saturated heterocycles. The zero-order chi connectivity index (χ0) is 23.9. The van der Waals surface area contributed by atoms with E-state index in [-0.39, 0.29) is 17.6 Å². The molecular formula is C28H30FN3O2. The van der Waals surface area contributed by atoms with E-state index in [0.717, 1.165) is 48.5 Å². The molecule has 0 unspecified atom stereocenters. The predicted octanol–water partition coefficient (Wildman–Crippen LogP) is 5.19. The first-order valence-corrected chi connectivity index (χ1v) is 11.8. The minimum atomic E-state index is -0.492. The molecule has 0 amide bonds. The third kappa shape index (κ3) is 3.96. The number of allylic oxidation sites excluding steroid dienone is 1. The van der Waals surface area contributed by atoms with Crippen LogP contribution in [-0.2, 0) is 17.8 Å². The minimum Gasteiger partial charge on any atom is -0.497 e. The van der Waals surface area contributed by atoms with Crippen molar-refractivity contribution < 1.29 is 13.9 Å². The number of halogens is 1. The largest absolute Gasteiger partial charge is 0.497 e. The third-order valence-electron chi connectivity index (χ3n) is 7.54. The van der Waals surface area contributed by atoms with Crippen molar-refractivity contribution in [1.82, 2.24) is 15.1 Å². The van der Waals surface area contributed by atoms with Crippen LogP contribution in [0.25, 0.3) is 11.8 Å². The molecule has 2 aliphatic carbocycles. The van der Waals surface area contributed by atoms with E-state index < -0.39 is 5.41 Å². The van der Waals surface area contributed by atoms with Gasteiger partial charge in [0.05, 0.1) is 30.1 Å². The van der Waals surface area contributed by atoms with Crippen LogP contribution in [0.3, 0.4) is 0 Å². The first-order valence-electron chi connectivity index (χ1n) is 11.8. The van der Waals surface area contributed by atoms with Gasteiger partial charge < -0.3 is 10.1 Å². The highest BCUT2D eigenvalue weighted by Crippen LogP contribution is 2.48. The van der Waals surface area contributed by atoms with Crippen LogP contribution in [0, 0.1) is 18.2 Å². The van der Waals surface area contributed by atoms with Crippen molar-refractivity contribution in [2.45, 2.75) is 52.1 Å². The summed E-state index contributed by atoms with van der Waals surface area (Å²) in [5.41, 5.74) is 6.02. The van der Waals surface area contributed by atoms with Gasteiger partial charge in [0.15, 0.2) is 0 Å². The number of hydrogen-bond acceptors (Lipinski definition) is 4. The van der Waals surface area contributed by atoms with Gasteiger partial charge in [-0.25, -0.2) is 9.07 Å². The first kappa shape index (κ1) is 22.5. The molecule has 6 heteroatoms. The lowest BCUT2D eigenvalue weighted by molar-refractivity contribution is -0.126. The fourth-order valence-electron chi connectivity index (χ4n) is 5.50. The highest BCUT2D eigenvalue weighted by atomic mass is 19.1. The van der Waals surface area contributed by atoms with Crippen molar-refractivity contribution in [3.63, 3.8) is 0 Å². The van der Waals surface area contributed by atoms with Crippen molar-refractivity contribution in [2.24, 2.45) is 5.41 Å². The minimum absolute atomic E-state index is 0.214. The number of methoxy groups -OCH3 is 1. The Labute approximate surface area is 199 Å². The SMILES string of the molecule is COc1ccc(CN[C@H]2CCC3=Cc4c(cnn4-c4ccc(F)cc4)C[C@]3(C(C)=O)C2)c(C)c1. The summed E-state index contributed by atoms with van der Waals surface area (Å²) in [5, 5.41) is 8.29. The van der Waals surface area contributed by atoms with Crippen molar-refractivity contribution in [1.29, 1.82) is 0 Å². The molecule has 3 aromatic rings. The molecule has 1 fully saturated rings. The molecule has 1 aromatic heterocycles. The summed E-state index contributed by atoms with van der Waals surface area (Å²) in [4.78, 5) is 13.1. The fraction of sp³-hybridized carbons (Fsp3) is 0.357. The number of hydrogen-bond donors (Lipinski definition) is 1. The number of aromatic nitrogens is 2. The van der Waals surface area contributed by atoms with Crippen LogP contribution in [0.4, 0.5) is 4.39 Å². The number of fused-ring (bicyclic) bond motifs is 2. The lowest BCUT2D eigenvalue weighted by Crippen LogP contribution is -2.46. The summed E-state index contributed by atoms with van der Waals surface area (Å²) < 4.78 is 20.6. The average Bonchev–Trinajstić information content (AvgIpc) is 3.24. The molecule has 1 saturated carbocycles. The number of ketones is 1. The Bertz CT molecular complexity index is 1260. The molecule has 0 radical (unpaired) electrons. The quantitative estimate of drug-likeness (QED) is 0.552. The molecule has 5 rings (SSSR count).